The van der Waals surface area contributed by atoms with Gasteiger partial charge in [0, 0.05) is 21.9 Å². The molecule has 0 aliphatic carbocycles. The van der Waals surface area contributed by atoms with Crippen LogP contribution in [0.1, 0.15) is 21.8 Å². The Morgan fingerprint density at radius 1 is 1.14 bits per heavy atom. The quantitative estimate of drug-likeness (QED) is 0.499. The van der Waals surface area contributed by atoms with Gasteiger partial charge in [-0.25, -0.2) is 9.37 Å². The van der Waals surface area contributed by atoms with E-state index < -0.39 is 11.8 Å². The van der Waals surface area contributed by atoms with E-state index in [0.717, 1.165) is 5.39 Å². The molecule has 0 saturated heterocycles. The first kappa shape index (κ1) is 18.8. The second-order valence-corrected chi connectivity index (χ2v) is 7.24. The third-order valence-electron chi connectivity index (χ3n) is 4.33. The molecule has 146 valence electrons. The van der Waals surface area contributed by atoms with Crippen molar-refractivity contribution in [3.8, 4) is 10.6 Å². The topological polar surface area (TPSA) is 84.2 Å². The van der Waals surface area contributed by atoms with Crippen LogP contribution in [0.25, 0.3) is 21.5 Å². The van der Waals surface area contributed by atoms with Crippen molar-refractivity contribution in [1.82, 2.24) is 15.8 Å². The minimum absolute atomic E-state index is 0.0226. The Labute approximate surface area is 169 Å². The Hall–Kier alpha value is -3.52. The zero-order valence-electron chi connectivity index (χ0n) is 15.4. The summed E-state index contributed by atoms with van der Waals surface area (Å²) in [5.74, 6) is -1.16. The number of nitrogens with zero attached hydrogens (tertiary/aromatic N) is 1. The number of benzene rings is 2. The maximum absolute atomic E-state index is 13.3. The summed E-state index contributed by atoms with van der Waals surface area (Å²) in [5.41, 5.74) is 7.21. The average Bonchev–Trinajstić information content (AvgIpc) is 3.31. The molecule has 0 atom stereocenters. The van der Waals surface area contributed by atoms with Crippen molar-refractivity contribution in [3.05, 3.63) is 76.7 Å². The second kappa shape index (κ2) is 7.84. The molecule has 2 aromatic carbocycles. The number of carbonyl (C=O) groups is 2. The van der Waals surface area contributed by atoms with Gasteiger partial charge in [-0.15, -0.1) is 11.3 Å². The molecule has 4 aromatic rings. The lowest BCUT2D eigenvalue weighted by atomic mass is 10.1. The minimum Gasteiger partial charge on any atom is -0.451 e. The first-order valence-corrected chi connectivity index (χ1v) is 9.67. The first-order chi connectivity index (χ1) is 14.0. The molecule has 0 bridgehead atoms. The van der Waals surface area contributed by atoms with Crippen molar-refractivity contribution in [2.75, 3.05) is 0 Å². The molecule has 2 aromatic heterocycles. The molecule has 2 heterocycles. The summed E-state index contributed by atoms with van der Waals surface area (Å²) < 4.78 is 18.9. The number of amides is 2. The Bertz CT molecular complexity index is 1210. The molecule has 2 N–H and O–H groups in total. The zero-order valence-corrected chi connectivity index (χ0v) is 16.2. The van der Waals surface area contributed by atoms with Crippen LogP contribution in [0, 0.1) is 12.7 Å². The van der Waals surface area contributed by atoms with Gasteiger partial charge in [-0.3, -0.25) is 20.4 Å². The SMILES string of the molecule is Cc1c(C(=O)NNC(=O)Cc2csc(-c3cccc(F)c3)n2)oc2ccccc12. The Balaban J connectivity index is 1.37. The standard InChI is InChI=1S/C21H16FN3O3S/c1-12-16-7-2-3-8-17(16)28-19(12)20(27)25-24-18(26)10-15-11-29-21(23-15)13-5-4-6-14(22)9-13/h2-9,11H,10H2,1H3,(H,24,26)(H,25,27). The largest absolute Gasteiger partial charge is 0.451 e. The third-order valence-corrected chi connectivity index (χ3v) is 5.27. The van der Waals surface area contributed by atoms with Crippen molar-refractivity contribution in [1.29, 1.82) is 0 Å². The minimum atomic E-state index is -0.536. The molecule has 0 saturated carbocycles. The number of carbonyl (C=O) groups excluding carboxylic acids is 2. The number of para-hydroxylation sites is 1. The van der Waals surface area contributed by atoms with Crippen molar-refractivity contribution in [2.24, 2.45) is 0 Å². The van der Waals surface area contributed by atoms with E-state index in [1.165, 1.54) is 23.5 Å². The number of hydrogen-bond donors (Lipinski definition) is 2. The summed E-state index contributed by atoms with van der Waals surface area (Å²) in [6, 6.07) is 13.4. The number of thiazole rings is 1. The Kier molecular flexibility index (Phi) is 5.09. The fraction of sp³-hybridized carbons (Fsp3) is 0.0952. The van der Waals surface area contributed by atoms with Gasteiger partial charge >= 0.3 is 5.91 Å². The normalized spacial score (nSPS) is 10.8. The Morgan fingerprint density at radius 3 is 2.76 bits per heavy atom. The van der Waals surface area contributed by atoms with E-state index in [2.05, 4.69) is 15.8 Å². The number of halogens is 1. The van der Waals surface area contributed by atoms with Crippen molar-refractivity contribution >= 4 is 34.1 Å². The van der Waals surface area contributed by atoms with Crippen LogP contribution in [0.15, 0.2) is 58.3 Å². The molecule has 8 heteroatoms. The number of furan rings is 1. The molecule has 0 fully saturated rings. The van der Waals surface area contributed by atoms with Gasteiger partial charge in [0.25, 0.3) is 0 Å². The van der Waals surface area contributed by atoms with Crippen LogP contribution in [-0.2, 0) is 11.2 Å². The molecule has 2 amide bonds. The van der Waals surface area contributed by atoms with Crippen molar-refractivity contribution < 1.29 is 18.4 Å². The number of aromatic nitrogens is 1. The number of aryl methyl sites for hydroxylation is 1. The lowest BCUT2D eigenvalue weighted by Crippen LogP contribution is -2.42. The summed E-state index contributed by atoms with van der Waals surface area (Å²) in [4.78, 5) is 28.8. The van der Waals surface area contributed by atoms with E-state index in [1.54, 1.807) is 30.5 Å². The van der Waals surface area contributed by atoms with Gasteiger partial charge in [0.1, 0.15) is 16.4 Å². The van der Waals surface area contributed by atoms with E-state index in [9.17, 15) is 14.0 Å². The lowest BCUT2D eigenvalue weighted by molar-refractivity contribution is -0.121. The number of hydrogen-bond acceptors (Lipinski definition) is 5. The average molecular weight is 409 g/mol. The fourth-order valence-corrected chi connectivity index (χ4v) is 3.74. The maximum atomic E-state index is 13.3. The number of fused-ring (bicyclic) bond motifs is 1. The van der Waals surface area contributed by atoms with Gasteiger partial charge < -0.3 is 4.42 Å². The number of nitrogens with one attached hydrogen (secondary N) is 2. The molecular weight excluding hydrogens is 393 g/mol. The van der Waals surface area contributed by atoms with Crippen LogP contribution in [-0.4, -0.2) is 16.8 Å². The molecule has 6 nitrogen and oxygen atoms in total. The molecule has 0 spiro atoms. The smallest absolute Gasteiger partial charge is 0.305 e. The van der Waals surface area contributed by atoms with Crippen LogP contribution in [0.5, 0.6) is 0 Å². The van der Waals surface area contributed by atoms with Gasteiger partial charge in [-0.2, -0.15) is 0 Å². The molecular formula is C21H16FN3O3S. The van der Waals surface area contributed by atoms with Gasteiger partial charge in [-0.1, -0.05) is 30.3 Å². The highest BCUT2D eigenvalue weighted by Crippen LogP contribution is 2.25. The van der Waals surface area contributed by atoms with E-state index >= 15 is 0 Å². The van der Waals surface area contributed by atoms with Gasteiger partial charge in [0.05, 0.1) is 12.1 Å². The van der Waals surface area contributed by atoms with E-state index in [1.807, 2.05) is 18.2 Å². The number of rotatable bonds is 4. The van der Waals surface area contributed by atoms with Crippen LogP contribution in [0.4, 0.5) is 4.39 Å². The van der Waals surface area contributed by atoms with Crippen LogP contribution in [0.3, 0.4) is 0 Å². The summed E-state index contributed by atoms with van der Waals surface area (Å²) >= 11 is 1.32. The van der Waals surface area contributed by atoms with E-state index in [-0.39, 0.29) is 18.0 Å². The Morgan fingerprint density at radius 2 is 1.97 bits per heavy atom. The summed E-state index contributed by atoms with van der Waals surface area (Å²) in [5, 5.41) is 3.19. The highest BCUT2D eigenvalue weighted by atomic mass is 32.1. The highest BCUT2D eigenvalue weighted by Gasteiger charge is 2.18. The van der Waals surface area contributed by atoms with E-state index in [0.29, 0.717) is 27.4 Å². The molecule has 29 heavy (non-hydrogen) atoms. The molecule has 0 aliphatic rings. The molecule has 4 rings (SSSR count). The lowest BCUT2D eigenvalue weighted by Gasteiger charge is -2.05. The van der Waals surface area contributed by atoms with Gasteiger partial charge in [0.15, 0.2) is 5.76 Å². The van der Waals surface area contributed by atoms with Gasteiger partial charge in [-0.05, 0) is 25.1 Å². The summed E-state index contributed by atoms with van der Waals surface area (Å²) in [6.45, 7) is 1.78. The van der Waals surface area contributed by atoms with Crippen LogP contribution < -0.4 is 10.9 Å². The highest BCUT2D eigenvalue weighted by molar-refractivity contribution is 7.13. The monoisotopic (exact) mass is 409 g/mol. The maximum Gasteiger partial charge on any atom is 0.305 e. The fourth-order valence-electron chi connectivity index (χ4n) is 2.93. The molecule has 0 radical (unpaired) electrons. The second-order valence-electron chi connectivity index (χ2n) is 6.39. The van der Waals surface area contributed by atoms with Crippen LogP contribution >= 0.6 is 11.3 Å². The predicted octanol–water partition coefficient (Wildman–Crippen LogP) is 4.01. The summed E-state index contributed by atoms with van der Waals surface area (Å²) in [7, 11) is 0. The summed E-state index contributed by atoms with van der Waals surface area (Å²) in [6.07, 6.45) is -0.0226. The molecule has 0 unspecified atom stereocenters. The first-order valence-electron chi connectivity index (χ1n) is 8.79. The number of hydrazine groups is 1. The molecule has 0 aliphatic heterocycles. The zero-order chi connectivity index (χ0) is 20.4. The predicted molar refractivity (Wildman–Crippen MR) is 108 cm³/mol. The van der Waals surface area contributed by atoms with E-state index in [4.69, 9.17) is 4.42 Å². The van der Waals surface area contributed by atoms with Crippen molar-refractivity contribution in [2.45, 2.75) is 13.3 Å². The van der Waals surface area contributed by atoms with Crippen molar-refractivity contribution in [3.63, 3.8) is 0 Å². The van der Waals surface area contributed by atoms with Gasteiger partial charge in [0.2, 0.25) is 5.91 Å². The van der Waals surface area contributed by atoms with Crippen LogP contribution in [0.2, 0.25) is 0 Å². The third kappa shape index (κ3) is 4.02.